The molecular weight excluding hydrogens is 447 g/mol. The minimum Gasteiger partial charge on any atom is -0.378 e. The second-order valence-corrected chi connectivity index (χ2v) is 9.18. The summed E-state index contributed by atoms with van der Waals surface area (Å²) < 4.78 is 47.4. The molecule has 0 amide bonds. The first-order valence-corrected chi connectivity index (χ1v) is 10.9. The van der Waals surface area contributed by atoms with Crippen LogP contribution in [-0.4, -0.2) is 56.0 Å². The van der Waals surface area contributed by atoms with Gasteiger partial charge in [0.1, 0.15) is 0 Å². The van der Waals surface area contributed by atoms with Gasteiger partial charge in [-0.25, -0.2) is 4.68 Å². The van der Waals surface area contributed by atoms with Crippen LogP contribution >= 0.6 is 0 Å². The fraction of sp³-hybridized carbons (Fsp3) is 0.391. The molecule has 0 unspecified atom stereocenters. The van der Waals surface area contributed by atoms with Gasteiger partial charge in [0, 0.05) is 41.2 Å². The third-order valence-electron chi connectivity index (χ3n) is 5.70. The first kappa shape index (κ1) is 22.3. The maximum Gasteiger partial charge on any atom is 0.435 e. The molecule has 1 aliphatic rings. The minimum atomic E-state index is -4.59. The van der Waals surface area contributed by atoms with E-state index in [9.17, 15) is 13.2 Å². The van der Waals surface area contributed by atoms with E-state index in [1.807, 2.05) is 56.1 Å². The highest BCUT2D eigenvalue weighted by Crippen LogP contribution is 2.34. The lowest BCUT2D eigenvalue weighted by Crippen LogP contribution is -2.37. The number of anilines is 1. The Morgan fingerprint density at radius 3 is 2.41 bits per heavy atom. The molecule has 1 fully saturated rings. The molecule has 8 nitrogen and oxygen atoms in total. The normalized spacial score (nSPS) is 15.3. The van der Waals surface area contributed by atoms with Gasteiger partial charge >= 0.3 is 6.18 Å². The number of nitrogens with one attached hydrogen (secondary N) is 1. The summed E-state index contributed by atoms with van der Waals surface area (Å²) in [5.74, 6) is 0.778. The Balaban J connectivity index is 1.74. The number of alkyl halides is 3. The Bertz CT molecular complexity index is 1330. The standard InChI is InChI=1S/C23H24F3N7O/c1-22(2,3)18-13-17(23(24,25)26)31-33(18)21-29-19(15-5-4-6-16-14(15)7-8-27-16)28-20(30-21)32-9-11-34-12-10-32/h4-8,13,27H,9-12H2,1-3H3. The molecule has 178 valence electrons. The number of morpholine rings is 1. The number of halogens is 3. The van der Waals surface area contributed by atoms with Crippen LogP contribution in [0.5, 0.6) is 0 Å². The molecule has 1 aliphatic heterocycles. The monoisotopic (exact) mass is 471 g/mol. The highest BCUT2D eigenvalue weighted by atomic mass is 19.4. The average molecular weight is 471 g/mol. The summed E-state index contributed by atoms with van der Waals surface area (Å²) in [5, 5.41) is 4.78. The van der Waals surface area contributed by atoms with Crippen LogP contribution in [0.1, 0.15) is 32.2 Å². The first-order valence-electron chi connectivity index (χ1n) is 10.9. The lowest BCUT2D eigenvalue weighted by Gasteiger charge is -2.27. The molecule has 0 bridgehead atoms. The van der Waals surface area contributed by atoms with Crippen LogP contribution in [0, 0.1) is 0 Å². The quantitative estimate of drug-likeness (QED) is 0.478. The molecule has 1 saturated heterocycles. The van der Waals surface area contributed by atoms with Crippen molar-refractivity contribution in [2.75, 3.05) is 31.2 Å². The van der Waals surface area contributed by atoms with Gasteiger partial charge in [0.25, 0.3) is 5.95 Å². The highest BCUT2D eigenvalue weighted by Gasteiger charge is 2.37. The first-order chi connectivity index (χ1) is 16.1. The highest BCUT2D eigenvalue weighted by molar-refractivity contribution is 5.93. The molecule has 0 radical (unpaired) electrons. The zero-order chi connectivity index (χ0) is 24.1. The smallest absolute Gasteiger partial charge is 0.378 e. The number of fused-ring (bicyclic) bond motifs is 1. The van der Waals surface area contributed by atoms with E-state index in [-0.39, 0.29) is 5.95 Å². The molecule has 34 heavy (non-hydrogen) atoms. The van der Waals surface area contributed by atoms with Gasteiger partial charge in [-0.2, -0.15) is 33.2 Å². The fourth-order valence-electron chi connectivity index (χ4n) is 3.96. The molecule has 1 N–H and O–H groups in total. The van der Waals surface area contributed by atoms with Crippen molar-refractivity contribution < 1.29 is 17.9 Å². The SMILES string of the molecule is CC(C)(C)c1cc(C(F)(F)F)nn1-c1nc(-c2cccc3[nH]ccc23)nc(N2CCOCC2)n1. The Morgan fingerprint density at radius 1 is 0.971 bits per heavy atom. The van der Waals surface area contributed by atoms with Crippen LogP contribution in [0.25, 0.3) is 28.2 Å². The summed E-state index contributed by atoms with van der Waals surface area (Å²) in [6.45, 7) is 7.63. The van der Waals surface area contributed by atoms with E-state index in [2.05, 4.69) is 20.1 Å². The number of hydrogen-bond acceptors (Lipinski definition) is 6. The largest absolute Gasteiger partial charge is 0.435 e. The number of ether oxygens (including phenoxy) is 1. The summed E-state index contributed by atoms with van der Waals surface area (Å²) >= 11 is 0. The molecule has 0 spiro atoms. The summed E-state index contributed by atoms with van der Waals surface area (Å²) in [4.78, 5) is 19.0. The van der Waals surface area contributed by atoms with Gasteiger partial charge in [0.05, 0.1) is 18.9 Å². The van der Waals surface area contributed by atoms with Crippen molar-refractivity contribution in [2.24, 2.45) is 0 Å². The van der Waals surface area contributed by atoms with Crippen LogP contribution < -0.4 is 4.90 Å². The minimum absolute atomic E-state index is 0.0412. The van der Waals surface area contributed by atoms with E-state index in [0.717, 1.165) is 22.5 Å². The van der Waals surface area contributed by atoms with Gasteiger partial charge in [-0.3, -0.25) is 0 Å². The van der Waals surface area contributed by atoms with Crippen molar-refractivity contribution in [3.05, 3.63) is 47.9 Å². The molecule has 0 aliphatic carbocycles. The van der Waals surface area contributed by atoms with Gasteiger partial charge in [-0.1, -0.05) is 32.9 Å². The van der Waals surface area contributed by atoms with Gasteiger partial charge < -0.3 is 14.6 Å². The summed E-state index contributed by atoms with van der Waals surface area (Å²) in [5.41, 5.74) is 0.381. The molecule has 0 saturated carbocycles. The summed E-state index contributed by atoms with van der Waals surface area (Å²) in [6.07, 6.45) is -2.77. The molecule has 1 aromatic carbocycles. The third kappa shape index (κ3) is 4.11. The van der Waals surface area contributed by atoms with E-state index in [1.54, 1.807) is 0 Å². The maximum atomic E-state index is 13.6. The van der Waals surface area contributed by atoms with Crippen LogP contribution in [0.4, 0.5) is 19.1 Å². The predicted molar refractivity (Wildman–Crippen MR) is 121 cm³/mol. The number of aromatic nitrogens is 6. The topological polar surface area (TPSA) is 84.8 Å². The molecule has 4 aromatic rings. The summed E-state index contributed by atoms with van der Waals surface area (Å²) in [6, 6.07) is 8.67. The number of hydrogen-bond donors (Lipinski definition) is 1. The number of aromatic amines is 1. The van der Waals surface area contributed by atoms with Gasteiger partial charge in [0.15, 0.2) is 11.5 Å². The van der Waals surface area contributed by atoms with E-state index < -0.39 is 17.3 Å². The molecule has 3 aromatic heterocycles. The molecular formula is C23H24F3N7O. The van der Waals surface area contributed by atoms with Gasteiger partial charge in [0.2, 0.25) is 5.95 Å². The van der Waals surface area contributed by atoms with Crippen molar-refractivity contribution >= 4 is 16.9 Å². The average Bonchev–Trinajstić information content (AvgIpc) is 3.46. The second kappa shape index (κ2) is 8.08. The molecule has 5 rings (SSSR count). The van der Waals surface area contributed by atoms with Crippen molar-refractivity contribution in [2.45, 2.75) is 32.4 Å². The Labute approximate surface area is 193 Å². The van der Waals surface area contributed by atoms with Crippen molar-refractivity contribution in [3.63, 3.8) is 0 Å². The molecule has 0 atom stereocenters. The van der Waals surface area contributed by atoms with Crippen molar-refractivity contribution in [1.82, 2.24) is 29.7 Å². The summed E-state index contributed by atoms with van der Waals surface area (Å²) in [7, 11) is 0. The van der Waals surface area contributed by atoms with E-state index in [1.165, 1.54) is 4.68 Å². The maximum absolute atomic E-state index is 13.6. The van der Waals surface area contributed by atoms with Gasteiger partial charge in [-0.15, -0.1) is 0 Å². The van der Waals surface area contributed by atoms with Crippen molar-refractivity contribution in [3.8, 4) is 17.3 Å². The predicted octanol–water partition coefficient (Wildman–Crippen LogP) is 4.36. The van der Waals surface area contributed by atoms with Crippen molar-refractivity contribution in [1.29, 1.82) is 0 Å². The number of H-pyrrole nitrogens is 1. The Morgan fingerprint density at radius 2 is 1.71 bits per heavy atom. The van der Waals surface area contributed by atoms with Crippen LogP contribution in [-0.2, 0) is 16.3 Å². The third-order valence-corrected chi connectivity index (χ3v) is 5.70. The van der Waals surface area contributed by atoms with Crippen LogP contribution in [0.2, 0.25) is 0 Å². The Hall–Kier alpha value is -3.47. The van der Waals surface area contributed by atoms with Crippen LogP contribution in [0.3, 0.4) is 0 Å². The number of nitrogens with zero attached hydrogens (tertiary/aromatic N) is 6. The zero-order valence-electron chi connectivity index (χ0n) is 19.0. The zero-order valence-corrected chi connectivity index (χ0v) is 19.0. The van der Waals surface area contributed by atoms with E-state index >= 15 is 0 Å². The second-order valence-electron chi connectivity index (χ2n) is 9.18. The molecule has 4 heterocycles. The molecule has 11 heteroatoms. The van der Waals surface area contributed by atoms with Gasteiger partial charge in [-0.05, 0) is 18.2 Å². The number of benzene rings is 1. The van der Waals surface area contributed by atoms with E-state index in [0.29, 0.717) is 43.8 Å². The van der Waals surface area contributed by atoms with Crippen LogP contribution in [0.15, 0.2) is 36.5 Å². The lowest BCUT2D eigenvalue weighted by molar-refractivity contribution is -0.141. The lowest BCUT2D eigenvalue weighted by atomic mass is 9.92. The fourth-order valence-corrected chi connectivity index (χ4v) is 3.96. The van der Waals surface area contributed by atoms with E-state index in [4.69, 9.17) is 9.72 Å². The Kier molecular flexibility index (Phi) is 5.31. The number of rotatable bonds is 3.